The molecule has 3 aromatic rings. The van der Waals surface area contributed by atoms with Crippen LogP contribution in [0.3, 0.4) is 0 Å². The van der Waals surface area contributed by atoms with Gasteiger partial charge in [-0.3, -0.25) is 10.00 Å². The minimum absolute atomic E-state index is 0.312. The van der Waals surface area contributed by atoms with Gasteiger partial charge in [0.15, 0.2) is 11.5 Å². The first-order valence-corrected chi connectivity index (χ1v) is 10.7. The molecule has 0 bridgehead atoms. The minimum atomic E-state index is 0.312. The number of aromatic nitrogens is 5. The van der Waals surface area contributed by atoms with Gasteiger partial charge in [-0.05, 0) is 44.4 Å². The Labute approximate surface area is 169 Å². The summed E-state index contributed by atoms with van der Waals surface area (Å²) in [6, 6.07) is 5.05. The number of aromatic amines is 1. The Morgan fingerprint density at radius 1 is 1.24 bits per heavy atom. The molecule has 2 atom stereocenters. The molecule has 1 saturated carbocycles. The standard InChI is InChI=1S/C21H27N7O/c1-13-12-29-10-9-27(13)18-11-15-19-16(6-8-26(2)20(15)14-3-4-14)25-28(21(19)23-18)17-5-7-22-24-17/h5,7,11,13-14,20H,3-4,6,8-10,12H2,1-2H3,(H,22,24)/t13-,20?/m1/s1. The summed E-state index contributed by atoms with van der Waals surface area (Å²) >= 11 is 0. The van der Waals surface area contributed by atoms with E-state index in [-0.39, 0.29) is 0 Å². The molecule has 152 valence electrons. The van der Waals surface area contributed by atoms with Gasteiger partial charge < -0.3 is 9.64 Å². The fraction of sp³-hybridized carbons (Fsp3) is 0.571. The molecule has 8 heteroatoms. The molecule has 0 radical (unpaired) electrons. The van der Waals surface area contributed by atoms with Crippen LogP contribution in [0, 0.1) is 5.92 Å². The van der Waals surface area contributed by atoms with Gasteiger partial charge in [0.1, 0.15) is 5.82 Å². The van der Waals surface area contributed by atoms with E-state index in [1.54, 1.807) is 6.20 Å². The first-order chi connectivity index (χ1) is 14.2. The van der Waals surface area contributed by atoms with Gasteiger partial charge in [0.2, 0.25) is 0 Å². The second-order valence-corrected chi connectivity index (χ2v) is 8.70. The predicted molar refractivity (Wildman–Crippen MR) is 110 cm³/mol. The van der Waals surface area contributed by atoms with E-state index in [2.05, 4.69) is 40.0 Å². The zero-order chi connectivity index (χ0) is 19.5. The molecule has 8 nitrogen and oxygen atoms in total. The summed E-state index contributed by atoms with van der Waals surface area (Å²) in [7, 11) is 2.26. The molecule has 2 fully saturated rings. The SMILES string of the molecule is C[C@@H]1COCCN1c1cc2c3c(nn(-c4ccn[nH]4)c3n1)CCN(C)C2C1CC1. The highest BCUT2D eigenvalue weighted by molar-refractivity contribution is 5.86. The molecule has 5 heterocycles. The van der Waals surface area contributed by atoms with Crippen LogP contribution in [-0.4, -0.2) is 69.3 Å². The van der Waals surface area contributed by atoms with Gasteiger partial charge in [0.05, 0.1) is 31.1 Å². The number of nitrogens with one attached hydrogen (secondary N) is 1. The Bertz CT molecular complexity index is 1040. The molecule has 3 aromatic heterocycles. The van der Waals surface area contributed by atoms with E-state index in [1.807, 2.05) is 10.7 Å². The summed E-state index contributed by atoms with van der Waals surface area (Å²) in [6.07, 6.45) is 5.33. The number of nitrogens with zero attached hydrogens (tertiary/aromatic N) is 6. The van der Waals surface area contributed by atoms with Crippen molar-refractivity contribution in [3.8, 4) is 5.82 Å². The molecule has 29 heavy (non-hydrogen) atoms. The van der Waals surface area contributed by atoms with Gasteiger partial charge in [-0.1, -0.05) is 0 Å². The second-order valence-electron chi connectivity index (χ2n) is 8.70. The maximum atomic E-state index is 5.67. The number of hydrogen-bond donors (Lipinski definition) is 1. The molecule has 1 unspecified atom stereocenters. The number of H-pyrrole nitrogens is 1. The number of morpholine rings is 1. The lowest BCUT2D eigenvalue weighted by Crippen LogP contribution is -2.44. The topological polar surface area (TPSA) is 75.1 Å². The molecule has 0 aromatic carbocycles. The van der Waals surface area contributed by atoms with Crippen molar-refractivity contribution in [1.29, 1.82) is 0 Å². The van der Waals surface area contributed by atoms with Crippen molar-refractivity contribution in [2.45, 2.75) is 38.3 Å². The number of anilines is 1. The number of hydrogen-bond acceptors (Lipinski definition) is 6. The maximum absolute atomic E-state index is 5.67. The van der Waals surface area contributed by atoms with E-state index >= 15 is 0 Å². The van der Waals surface area contributed by atoms with Crippen LogP contribution in [0.15, 0.2) is 18.3 Å². The molecule has 1 N–H and O–H groups in total. The maximum Gasteiger partial charge on any atom is 0.167 e. The lowest BCUT2D eigenvalue weighted by molar-refractivity contribution is 0.0985. The Morgan fingerprint density at radius 3 is 2.90 bits per heavy atom. The Morgan fingerprint density at radius 2 is 2.14 bits per heavy atom. The summed E-state index contributed by atoms with van der Waals surface area (Å²) in [6.45, 7) is 5.59. The van der Waals surface area contributed by atoms with E-state index in [0.29, 0.717) is 12.1 Å². The van der Waals surface area contributed by atoms with Gasteiger partial charge in [-0.25, -0.2) is 4.98 Å². The molecule has 3 aliphatic rings. The van der Waals surface area contributed by atoms with Crippen LogP contribution in [-0.2, 0) is 11.2 Å². The highest BCUT2D eigenvalue weighted by Crippen LogP contribution is 2.48. The van der Waals surface area contributed by atoms with Crippen molar-refractivity contribution >= 4 is 16.9 Å². The number of rotatable bonds is 3. The number of pyridine rings is 1. The van der Waals surface area contributed by atoms with Crippen LogP contribution in [0.1, 0.15) is 37.1 Å². The molecule has 6 rings (SSSR count). The van der Waals surface area contributed by atoms with Crippen LogP contribution in [0.5, 0.6) is 0 Å². The number of likely N-dealkylation sites (N-methyl/N-ethyl adjacent to an activating group) is 1. The van der Waals surface area contributed by atoms with E-state index < -0.39 is 0 Å². The largest absolute Gasteiger partial charge is 0.377 e. The van der Waals surface area contributed by atoms with Crippen LogP contribution in [0.4, 0.5) is 5.82 Å². The van der Waals surface area contributed by atoms with E-state index in [1.165, 1.54) is 23.8 Å². The third kappa shape index (κ3) is 2.77. The van der Waals surface area contributed by atoms with E-state index in [9.17, 15) is 0 Å². The normalized spacial score (nSPS) is 25.5. The second kappa shape index (κ2) is 6.53. The van der Waals surface area contributed by atoms with E-state index in [4.69, 9.17) is 14.8 Å². The van der Waals surface area contributed by atoms with Crippen LogP contribution >= 0.6 is 0 Å². The van der Waals surface area contributed by atoms with Gasteiger partial charge in [0, 0.05) is 37.0 Å². The monoisotopic (exact) mass is 393 g/mol. The average molecular weight is 393 g/mol. The number of ether oxygens (including phenoxy) is 1. The van der Waals surface area contributed by atoms with Gasteiger partial charge in [-0.2, -0.15) is 14.9 Å². The zero-order valence-corrected chi connectivity index (χ0v) is 17.0. The molecular weight excluding hydrogens is 366 g/mol. The Kier molecular flexibility index (Phi) is 3.92. The first kappa shape index (κ1) is 17.4. The average Bonchev–Trinajstić information content (AvgIpc) is 3.30. The van der Waals surface area contributed by atoms with Crippen molar-refractivity contribution in [2.75, 3.05) is 38.3 Å². The molecule has 1 saturated heterocycles. The van der Waals surface area contributed by atoms with Crippen LogP contribution in [0.2, 0.25) is 0 Å². The van der Waals surface area contributed by atoms with E-state index in [0.717, 1.165) is 61.6 Å². The van der Waals surface area contributed by atoms with Gasteiger partial charge in [0.25, 0.3) is 0 Å². The summed E-state index contributed by atoms with van der Waals surface area (Å²) in [5.41, 5.74) is 3.48. The van der Waals surface area contributed by atoms with Crippen molar-refractivity contribution in [3.63, 3.8) is 0 Å². The highest BCUT2D eigenvalue weighted by atomic mass is 16.5. The summed E-state index contributed by atoms with van der Waals surface area (Å²) in [4.78, 5) is 10.1. The van der Waals surface area contributed by atoms with Gasteiger partial charge >= 0.3 is 0 Å². The minimum Gasteiger partial charge on any atom is -0.377 e. The summed E-state index contributed by atoms with van der Waals surface area (Å²) in [5.74, 6) is 2.64. The molecule has 2 aliphatic heterocycles. The molecular formula is C21H27N7O. The lowest BCUT2D eigenvalue weighted by atomic mass is 9.98. The van der Waals surface area contributed by atoms with Crippen LogP contribution in [0.25, 0.3) is 16.9 Å². The van der Waals surface area contributed by atoms with Crippen LogP contribution < -0.4 is 4.90 Å². The zero-order valence-electron chi connectivity index (χ0n) is 17.0. The third-order valence-corrected chi connectivity index (χ3v) is 6.67. The predicted octanol–water partition coefficient (Wildman–Crippen LogP) is 2.31. The smallest absolute Gasteiger partial charge is 0.167 e. The summed E-state index contributed by atoms with van der Waals surface area (Å²) in [5, 5.41) is 13.4. The molecule has 0 spiro atoms. The Hall–Kier alpha value is -2.45. The lowest BCUT2D eigenvalue weighted by Gasteiger charge is -2.35. The Balaban J connectivity index is 1.61. The van der Waals surface area contributed by atoms with Crippen molar-refractivity contribution < 1.29 is 4.74 Å². The fourth-order valence-corrected chi connectivity index (χ4v) is 5.05. The molecule has 0 amide bonds. The highest BCUT2D eigenvalue weighted by Gasteiger charge is 2.39. The van der Waals surface area contributed by atoms with Gasteiger partial charge in [-0.15, -0.1) is 0 Å². The van der Waals surface area contributed by atoms with Crippen molar-refractivity contribution in [3.05, 3.63) is 29.6 Å². The molecule has 1 aliphatic carbocycles. The fourth-order valence-electron chi connectivity index (χ4n) is 5.05. The quantitative estimate of drug-likeness (QED) is 0.736. The van der Waals surface area contributed by atoms with Crippen molar-refractivity contribution in [1.82, 2.24) is 29.9 Å². The first-order valence-electron chi connectivity index (χ1n) is 10.7. The summed E-state index contributed by atoms with van der Waals surface area (Å²) < 4.78 is 7.62. The van der Waals surface area contributed by atoms with Crippen molar-refractivity contribution in [2.24, 2.45) is 5.92 Å². The third-order valence-electron chi connectivity index (χ3n) is 6.67.